The molecular formula is C13H17BrFNO. The van der Waals surface area contributed by atoms with Crippen LogP contribution in [-0.2, 0) is 11.2 Å². The van der Waals surface area contributed by atoms with Gasteiger partial charge < -0.3 is 5.73 Å². The van der Waals surface area contributed by atoms with Crippen LogP contribution < -0.4 is 5.73 Å². The zero-order valence-corrected chi connectivity index (χ0v) is 11.7. The Morgan fingerprint density at radius 3 is 2.41 bits per heavy atom. The standard InChI is InChI=1S/C13H17BrFNO/c1-3-13(16,4-2)12(17)7-9-5-10(14)8-11(15)6-9/h5-6,8H,3-4,7,16H2,1-2H3. The van der Waals surface area contributed by atoms with Crippen LogP contribution in [0.5, 0.6) is 0 Å². The van der Waals surface area contributed by atoms with Crippen LogP contribution in [0.4, 0.5) is 4.39 Å². The molecule has 1 aromatic rings. The van der Waals surface area contributed by atoms with Crippen molar-refractivity contribution in [2.45, 2.75) is 38.6 Å². The molecule has 0 saturated carbocycles. The number of ketones is 1. The normalized spacial score (nSPS) is 11.6. The van der Waals surface area contributed by atoms with Gasteiger partial charge >= 0.3 is 0 Å². The molecule has 0 amide bonds. The molecule has 17 heavy (non-hydrogen) atoms. The Kier molecular flexibility index (Phi) is 4.83. The summed E-state index contributed by atoms with van der Waals surface area (Å²) in [5, 5.41) is 0. The van der Waals surface area contributed by atoms with Crippen LogP contribution >= 0.6 is 15.9 Å². The number of nitrogens with two attached hydrogens (primary N) is 1. The fraction of sp³-hybridized carbons (Fsp3) is 0.462. The highest BCUT2D eigenvalue weighted by molar-refractivity contribution is 9.10. The third-order valence-electron chi connectivity index (χ3n) is 3.10. The lowest BCUT2D eigenvalue weighted by Gasteiger charge is -2.24. The molecule has 0 heterocycles. The zero-order chi connectivity index (χ0) is 13.1. The molecule has 4 heteroatoms. The molecule has 1 rings (SSSR count). The maximum Gasteiger partial charge on any atom is 0.156 e. The first-order valence-electron chi connectivity index (χ1n) is 5.68. The van der Waals surface area contributed by atoms with E-state index in [1.165, 1.54) is 12.1 Å². The molecule has 0 spiro atoms. The Hall–Kier alpha value is -0.740. The van der Waals surface area contributed by atoms with Gasteiger partial charge in [-0.1, -0.05) is 29.8 Å². The number of halogens is 2. The van der Waals surface area contributed by atoms with Crippen molar-refractivity contribution in [3.05, 3.63) is 34.1 Å². The lowest BCUT2D eigenvalue weighted by atomic mass is 9.86. The van der Waals surface area contributed by atoms with Gasteiger partial charge in [-0.15, -0.1) is 0 Å². The summed E-state index contributed by atoms with van der Waals surface area (Å²) in [6, 6.07) is 4.48. The summed E-state index contributed by atoms with van der Waals surface area (Å²) in [7, 11) is 0. The summed E-state index contributed by atoms with van der Waals surface area (Å²) in [5.41, 5.74) is 5.87. The lowest BCUT2D eigenvalue weighted by molar-refractivity contribution is -0.123. The van der Waals surface area contributed by atoms with Crippen molar-refractivity contribution in [1.82, 2.24) is 0 Å². The number of carbonyl (C=O) groups is 1. The van der Waals surface area contributed by atoms with Gasteiger partial charge in [0.05, 0.1) is 5.54 Å². The SMILES string of the molecule is CCC(N)(CC)C(=O)Cc1cc(F)cc(Br)c1. The summed E-state index contributed by atoms with van der Waals surface area (Å²) in [6.45, 7) is 3.78. The van der Waals surface area contributed by atoms with Gasteiger partial charge in [-0.3, -0.25) is 4.79 Å². The number of hydrogen-bond acceptors (Lipinski definition) is 2. The smallest absolute Gasteiger partial charge is 0.156 e. The highest BCUT2D eigenvalue weighted by Crippen LogP contribution is 2.19. The van der Waals surface area contributed by atoms with Gasteiger partial charge in [0.2, 0.25) is 0 Å². The number of rotatable bonds is 5. The van der Waals surface area contributed by atoms with Crippen molar-refractivity contribution in [2.24, 2.45) is 5.73 Å². The van der Waals surface area contributed by atoms with E-state index in [9.17, 15) is 9.18 Å². The van der Waals surface area contributed by atoms with Crippen molar-refractivity contribution in [2.75, 3.05) is 0 Å². The van der Waals surface area contributed by atoms with Crippen LogP contribution in [0, 0.1) is 5.82 Å². The topological polar surface area (TPSA) is 43.1 Å². The first-order valence-corrected chi connectivity index (χ1v) is 6.47. The molecule has 0 aliphatic carbocycles. The van der Waals surface area contributed by atoms with Gasteiger partial charge in [-0.25, -0.2) is 4.39 Å². The minimum atomic E-state index is -0.793. The average Bonchev–Trinajstić information content (AvgIpc) is 2.26. The quantitative estimate of drug-likeness (QED) is 0.907. The van der Waals surface area contributed by atoms with Crippen molar-refractivity contribution in [3.63, 3.8) is 0 Å². The van der Waals surface area contributed by atoms with E-state index < -0.39 is 5.54 Å². The Bertz CT molecular complexity index is 396. The molecule has 1 aromatic carbocycles. The van der Waals surface area contributed by atoms with E-state index in [0.717, 1.165) is 0 Å². The van der Waals surface area contributed by atoms with E-state index in [4.69, 9.17) is 5.73 Å². The van der Waals surface area contributed by atoms with Crippen molar-refractivity contribution in [1.29, 1.82) is 0 Å². The molecule has 0 saturated heterocycles. The molecule has 0 radical (unpaired) electrons. The van der Waals surface area contributed by atoms with Crippen molar-refractivity contribution < 1.29 is 9.18 Å². The summed E-state index contributed by atoms with van der Waals surface area (Å²) in [5.74, 6) is -0.391. The number of Topliss-reactive ketones (excluding diaryl/α,β-unsaturated/α-hetero) is 1. The van der Waals surface area contributed by atoms with Crippen LogP contribution in [0.15, 0.2) is 22.7 Å². The predicted molar refractivity (Wildman–Crippen MR) is 70.3 cm³/mol. The third kappa shape index (κ3) is 3.61. The largest absolute Gasteiger partial charge is 0.319 e. The van der Waals surface area contributed by atoms with Gasteiger partial charge in [0, 0.05) is 10.9 Å². The van der Waals surface area contributed by atoms with E-state index in [-0.39, 0.29) is 18.0 Å². The van der Waals surface area contributed by atoms with Gasteiger partial charge in [-0.05, 0) is 36.6 Å². The third-order valence-corrected chi connectivity index (χ3v) is 3.56. The summed E-state index contributed by atoms with van der Waals surface area (Å²) in [4.78, 5) is 12.1. The highest BCUT2D eigenvalue weighted by atomic mass is 79.9. The number of hydrogen-bond donors (Lipinski definition) is 1. The van der Waals surface area contributed by atoms with Crippen LogP contribution in [0.3, 0.4) is 0 Å². The van der Waals surface area contributed by atoms with Crippen molar-refractivity contribution >= 4 is 21.7 Å². The minimum absolute atomic E-state index is 0.0417. The Morgan fingerprint density at radius 1 is 1.35 bits per heavy atom. The van der Waals surface area contributed by atoms with Gasteiger partial charge in [0.15, 0.2) is 5.78 Å². The molecule has 0 unspecified atom stereocenters. The van der Waals surface area contributed by atoms with E-state index >= 15 is 0 Å². The van der Waals surface area contributed by atoms with Crippen LogP contribution in [0.25, 0.3) is 0 Å². The fourth-order valence-corrected chi connectivity index (χ4v) is 2.23. The molecule has 2 N–H and O–H groups in total. The summed E-state index contributed by atoms with van der Waals surface area (Å²) < 4.78 is 13.8. The molecule has 94 valence electrons. The van der Waals surface area contributed by atoms with E-state index in [0.29, 0.717) is 22.9 Å². The number of carbonyl (C=O) groups excluding carboxylic acids is 1. The van der Waals surface area contributed by atoms with Gasteiger partial charge in [0.1, 0.15) is 5.82 Å². The molecule has 2 nitrogen and oxygen atoms in total. The zero-order valence-electron chi connectivity index (χ0n) is 10.1. The number of benzene rings is 1. The molecule has 0 bridgehead atoms. The first-order chi connectivity index (χ1) is 7.91. The first kappa shape index (κ1) is 14.3. The second-order valence-corrected chi connectivity index (χ2v) is 5.16. The maximum atomic E-state index is 13.2. The average molecular weight is 302 g/mol. The molecule has 0 atom stereocenters. The van der Waals surface area contributed by atoms with E-state index in [2.05, 4.69) is 15.9 Å². The summed E-state index contributed by atoms with van der Waals surface area (Å²) in [6.07, 6.45) is 1.37. The minimum Gasteiger partial charge on any atom is -0.319 e. The molecular weight excluding hydrogens is 285 g/mol. The molecule has 0 aliphatic rings. The fourth-order valence-electron chi connectivity index (χ4n) is 1.72. The lowest BCUT2D eigenvalue weighted by Crippen LogP contribution is -2.47. The maximum absolute atomic E-state index is 13.2. The molecule has 0 aliphatic heterocycles. The predicted octanol–water partition coefficient (Wildman–Crippen LogP) is 3.22. The monoisotopic (exact) mass is 301 g/mol. The van der Waals surface area contributed by atoms with Crippen LogP contribution in [-0.4, -0.2) is 11.3 Å². The molecule has 0 fully saturated rings. The Morgan fingerprint density at radius 2 is 1.94 bits per heavy atom. The second kappa shape index (κ2) is 5.74. The van der Waals surface area contributed by atoms with Gasteiger partial charge in [-0.2, -0.15) is 0 Å². The van der Waals surface area contributed by atoms with E-state index in [1.54, 1.807) is 6.07 Å². The molecule has 0 aromatic heterocycles. The van der Waals surface area contributed by atoms with Gasteiger partial charge in [0.25, 0.3) is 0 Å². The van der Waals surface area contributed by atoms with Crippen LogP contribution in [0.2, 0.25) is 0 Å². The highest BCUT2D eigenvalue weighted by Gasteiger charge is 2.29. The second-order valence-electron chi connectivity index (χ2n) is 4.24. The van der Waals surface area contributed by atoms with Crippen molar-refractivity contribution in [3.8, 4) is 0 Å². The Labute approximate surface area is 110 Å². The van der Waals surface area contributed by atoms with Crippen LogP contribution in [0.1, 0.15) is 32.3 Å². The summed E-state index contributed by atoms with van der Waals surface area (Å²) >= 11 is 3.20. The van der Waals surface area contributed by atoms with E-state index in [1.807, 2.05) is 13.8 Å². The Balaban J connectivity index is 2.87.